The minimum Gasteiger partial charge on any atom is -0.480 e. The Kier molecular flexibility index (Phi) is 5.15. The number of thioether (sulfide) groups is 1. The van der Waals surface area contributed by atoms with Crippen LogP contribution in [-0.2, 0) is 9.53 Å². The molecule has 0 radical (unpaired) electrons. The van der Waals surface area contributed by atoms with Crippen molar-refractivity contribution in [1.82, 2.24) is 10.2 Å². The first-order chi connectivity index (χ1) is 9.58. The van der Waals surface area contributed by atoms with Crippen molar-refractivity contribution in [3.63, 3.8) is 0 Å². The van der Waals surface area contributed by atoms with Gasteiger partial charge in [-0.1, -0.05) is 12.8 Å². The Morgan fingerprint density at radius 3 is 2.75 bits per heavy atom. The quantitative estimate of drug-likeness (QED) is 0.814. The van der Waals surface area contributed by atoms with Gasteiger partial charge in [-0.25, -0.2) is 9.59 Å². The van der Waals surface area contributed by atoms with Gasteiger partial charge in [0.25, 0.3) is 0 Å². The molecular formula is C13H22N2O4S. The van der Waals surface area contributed by atoms with E-state index in [1.807, 2.05) is 0 Å². The van der Waals surface area contributed by atoms with Gasteiger partial charge < -0.3 is 20.1 Å². The van der Waals surface area contributed by atoms with Crippen LogP contribution in [0.3, 0.4) is 0 Å². The van der Waals surface area contributed by atoms with E-state index in [2.05, 4.69) is 11.6 Å². The number of hydrogen-bond acceptors (Lipinski definition) is 4. The molecule has 1 aliphatic carbocycles. The van der Waals surface area contributed by atoms with E-state index in [9.17, 15) is 9.59 Å². The molecule has 1 saturated carbocycles. The summed E-state index contributed by atoms with van der Waals surface area (Å²) in [5.41, 5.74) is 0. The summed E-state index contributed by atoms with van der Waals surface area (Å²) in [6.45, 7) is 1.40. The number of carbonyl (C=O) groups is 2. The first kappa shape index (κ1) is 15.4. The molecule has 1 atom stereocenters. The number of urea groups is 1. The number of amides is 2. The van der Waals surface area contributed by atoms with Crippen LogP contribution in [-0.4, -0.2) is 65.4 Å². The number of nitrogens with zero attached hydrogens (tertiary/aromatic N) is 1. The molecule has 2 aliphatic rings. The van der Waals surface area contributed by atoms with Gasteiger partial charge in [-0.05, 0) is 19.1 Å². The lowest BCUT2D eigenvalue weighted by Gasteiger charge is -2.34. The first-order valence-electron chi connectivity index (χ1n) is 6.98. The van der Waals surface area contributed by atoms with Crippen molar-refractivity contribution in [3.05, 3.63) is 0 Å². The molecule has 1 saturated heterocycles. The zero-order valence-electron chi connectivity index (χ0n) is 11.8. The second kappa shape index (κ2) is 6.67. The maximum atomic E-state index is 12.2. The fourth-order valence-corrected chi connectivity index (χ4v) is 3.78. The predicted molar refractivity (Wildman–Crippen MR) is 77.1 cm³/mol. The molecule has 0 aromatic heterocycles. The number of carboxylic acid groups (broad SMARTS) is 1. The fourth-order valence-electron chi connectivity index (χ4n) is 2.86. The Morgan fingerprint density at radius 1 is 1.45 bits per heavy atom. The molecule has 2 amide bonds. The van der Waals surface area contributed by atoms with Gasteiger partial charge in [-0.2, -0.15) is 11.8 Å². The summed E-state index contributed by atoms with van der Waals surface area (Å²) in [6.07, 6.45) is 6.70. The highest BCUT2D eigenvalue weighted by Crippen LogP contribution is 2.39. The average molecular weight is 302 g/mol. The Balaban J connectivity index is 1.91. The number of nitrogens with one attached hydrogen (secondary N) is 1. The van der Waals surface area contributed by atoms with Crippen molar-refractivity contribution in [3.8, 4) is 0 Å². The maximum absolute atomic E-state index is 12.2. The molecule has 114 valence electrons. The molecule has 6 nitrogen and oxygen atoms in total. The molecule has 2 N–H and O–H groups in total. The smallest absolute Gasteiger partial charge is 0.328 e. The first-order valence-corrected chi connectivity index (χ1v) is 8.21. The summed E-state index contributed by atoms with van der Waals surface area (Å²) >= 11 is 1.80. The largest absolute Gasteiger partial charge is 0.480 e. The van der Waals surface area contributed by atoms with Crippen molar-refractivity contribution in [2.45, 2.75) is 36.5 Å². The van der Waals surface area contributed by atoms with Crippen LogP contribution in [0.1, 0.15) is 25.7 Å². The number of carbonyl (C=O) groups excluding carboxylic acids is 1. The summed E-state index contributed by atoms with van der Waals surface area (Å²) in [5, 5.41) is 12.0. The minimum atomic E-state index is -1.01. The molecule has 0 aromatic rings. The highest BCUT2D eigenvalue weighted by atomic mass is 32.2. The van der Waals surface area contributed by atoms with Crippen molar-refractivity contribution in [1.29, 1.82) is 0 Å². The Hall–Kier alpha value is -0.950. The Bertz CT molecular complexity index is 371. The third-order valence-electron chi connectivity index (χ3n) is 4.18. The number of aliphatic carboxylic acids is 1. The van der Waals surface area contributed by atoms with E-state index < -0.39 is 12.0 Å². The lowest BCUT2D eigenvalue weighted by molar-refractivity contribution is -0.147. The highest BCUT2D eigenvalue weighted by molar-refractivity contribution is 8.00. The zero-order chi connectivity index (χ0) is 14.6. The second-order valence-corrected chi connectivity index (χ2v) is 6.65. The van der Waals surface area contributed by atoms with Gasteiger partial charge in [0.15, 0.2) is 6.04 Å². The lowest BCUT2D eigenvalue weighted by Crippen LogP contribution is -2.56. The van der Waals surface area contributed by atoms with Crippen molar-refractivity contribution in [2.75, 3.05) is 32.6 Å². The van der Waals surface area contributed by atoms with Gasteiger partial charge in [-0.3, -0.25) is 0 Å². The van der Waals surface area contributed by atoms with Gasteiger partial charge in [-0.15, -0.1) is 0 Å². The number of carboxylic acids is 1. The van der Waals surface area contributed by atoms with Gasteiger partial charge in [0, 0.05) is 17.8 Å². The molecule has 20 heavy (non-hydrogen) atoms. The van der Waals surface area contributed by atoms with Crippen LogP contribution in [0, 0.1) is 0 Å². The van der Waals surface area contributed by atoms with E-state index in [1.54, 1.807) is 11.8 Å². The normalized spacial score (nSPS) is 25.4. The van der Waals surface area contributed by atoms with E-state index in [0.717, 1.165) is 12.8 Å². The molecule has 1 unspecified atom stereocenters. The van der Waals surface area contributed by atoms with Crippen LogP contribution in [0.2, 0.25) is 0 Å². The molecule has 1 heterocycles. The van der Waals surface area contributed by atoms with E-state index in [-0.39, 0.29) is 17.4 Å². The van der Waals surface area contributed by atoms with E-state index in [4.69, 9.17) is 9.84 Å². The zero-order valence-corrected chi connectivity index (χ0v) is 12.6. The predicted octanol–water partition coefficient (Wildman–Crippen LogP) is 1.16. The van der Waals surface area contributed by atoms with Gasteiger partial charge >= 0.3 is 12.0 Å². The maximum Gasteiger partial charge on any atom is 0.328 e. The molecule has 2 rings (SSSR count). The summed E-state index contributed by atoms with van der Waals surface area (Å²) < 4.78 is 5.26. The lowest BCUT2D eigenvalue weighted by atomic mass is 10.1. The Labute approximate surface area is 123 Å². The van der Waals surface area contributed by atoms with Crippen LogP contribution < -0.4 is 5.32 Å². The SMILES string of the molecule is CSC1(CNC(=O)N2CCOCC2C(=O)O)CCCC1. The average Bonchev–Trinajstić information content (AvgIpc) is 2.94. The van der Waals surface area contributed by atoms with E-state index >= 15 is 0 Å². The molecular weight excluding hydrogens is 280 g/mol. The molecule has 7 heteroatoms. The number of rotatable bonds is 4. The van der Waals surface area contributed by atoms with Crippen LogP contribution in [0.4, 0.5) is 4.79 Å². The van der Waals surface area contributed by atoms with E-state index in [0.29, 0.717) is 19.7 Å². The fraction of sp³-hybridized carbons (Fsp3) is 0.846. The third-order valence-corrected chi connectivity index (χ3v) is 5.60. The summed E-state index contributed by atoms with van der Waals surface area (Å²) in [7, 11) is 0. The number of morpholine rings is 1. The summed E-state index contributed by atoms with van der Waals surface area (Å²) in [4.78, 5) is 24.7. The van der Waals surface area contributed by atoms with Crippen LogP contribution in [0.25, 0.3) is 0 Å². The second-order valence-electron chi connectivity index (χ2n) is 5.38. The molecule has 0 bridgehead atoms. The van der Waals surface area contributed by atoms with Crippen molar-refractivity contribution >= 4 is 23.8 Å². The van der Waals surface area contributed by atoms with Crippen molar-refractivity contribution < 1.29 is 19.4 Å². The molecule has 1 aliphatic heterocycles. The van der Waals surface area contributed by atoms with Gasteiger partial charge in [0.05, 0.1) is 13.2 Å². The van der Waals surface area contributed by atoms with Gasteiger partial charge in [0.1, 0.15) is 0 Å². The molecule has 2 fully saturated rings. The van der Waals surface area contributed by atoms with Crippen molar-refractivity contribution in [2.24, 2.45) is 0 Å². The highest BCUT2D eigenvalue weighted by Gasteiger charge is 2.36. The molecule has 0 aromatic carbocycles. The summed E-state index contributed by atoms with van der Waals surface area (Å²) in [5.74, 6) is -1.01. The third kappa shape index (κ3) is 3.38. The standard InChI is InChI=1S/C13H22N2O4S/c1-20-13(4-2-3-5-13)9-14-12(18)15-6-7-19-8-10(15)11(16)17/h10H,2-9H2,1H3,(H,14,18)(H,16,17). The molecule has 0 spiro atoms. The number of hydrogen-bond donors (Lipinski definition) is 2. The topological polar surface area (TPSA) is 78.9 Å². The Morgan fingerprint density at radius 2 is 2.15 bits per heavy atom. The van der Waals surface area contributed by atoms with Gasteiger partial charge in [0.2, 0.25) is 0 Å². The minimum absolute atomic E-state index is 0.0659. The van der Waals surface area contributed by atoms with Crippen LogP contribution in [0.5, 0.6) is 0 Å². The van der Waals surface area contributed by atoms with Crippen LogP contribution >= 0.6 is 11.8 Å². The van der Waals surface area contributed by atoms with Crippen LogP contribution in [0.15, 0.2) is 0 Å². The summed E-state index contributed by atoms with van der Waals surface area (Å²) in [6, 6.07) is -1.17. The van der Waals surface area contributed by atoms with E-state index in [1.165, 1.54) is 17.7 Å². The number of ether oxygens (including phenoxy) is 1. The monoisotopic (exact) mass is 302 g/mol.